The van der Waals surface area contributed by atoms with Crippen LogP contribution in [0.3, 0.4) is 0 Å². The molecule has 2 aromatic carbocycles. The van der Waals surface area contributed by atoms with Crippen molar-refractivity contribution in [3.8, 4) is 23.1 Å². The molecule has 9 nitrogen and oxygen atoms in total. The van der Waals surface area contributed by atoms with Crippen molar-refractivity contribution in [2.24, 2.45) is 5.41 Å². The first kappa shape index (κ1) is 40.0. The smallest absolute Gasteiger partial charge is 0.420 e. The molecule has 0 bridgehead atoms. The molecule has 0 spiro atoms. The summed E-state index contributed by atoms with van der Waals surface area (Å²) in [6, 6.07) is 12.3. The van der Waals surface area contributed by atoms with Crippen molar-refractivity contribution < 1.29 is 45.4 Å². The second-order valence-electron chi connectivity index (χ2n) is 13.7. The predicted molar refractivity (Wildman–Crippen MR) is 186 cm³/mol. The highest BCUT2D eigenvalue weighted by Crippen LogP contribution is 2.42. The Hall–Kier alpha value is -4.75. The first-order chi connectivity index (χ1) is 24.2. The second kappa shape index (κ2) is 15.5. The fourth-order valence-corrected chi connectivity index (χ4v) is 5.62. The molecule has 1 aliphatic heterocycles. The number of ether oxygens (including phenoxy) is 2. The summed E-state index contributed by atoms with van der Waals surface area (Å²) in [4.78, 5) is 31.9. The SMILES string of the molecule is CC(NC(=O)COCC(F)C(F)COc1ccc(-c2ccc(N3C(=S)N(c4ccc(C#N)c(C(F)(F)F)c4F)C(=O)C3(C)C)cn2)cc1)C(C)(C)C. The lowest BCUT2D eigenvalue weighted by molar-refractivity contribution is -0.140. The highest BCUT2D eigenvalue weighted by atomic mass is 32.1. The molecule has 1 saturated heterocycles. The van der Waals surface area contributed by atoms with Gasteiger partial charge in [0.15, 0.2) is 23.3 Å². The molecular formula is C36H37F6N5O4S. The van der Waals surface area contributed by atoms with E-state index in [1.165, 1.54) is 43.1 Å². The number of nitriles is 1. The molecule has 0 radical (unpaired) electrons. The van der Waals surface area contributed by atoms with E-state index in [1.807, 2.05) is 27.7 Å². The number of thiocarbonyl (C=S) groups is 1. The Labute approximate surface area is 302 Å². The van der Waals surface area contributed by atoms with Crippen molar-refractivity contribution in [1.82, 2.24) is 10.3 Å². The third-order valence-corrected chi connectivity index (χ3v) is 8.94. The van der Waals surface area contributed by atoms with Crippen LogP contribution in [0.25, 0.3) is 11.3 Å². The van der Waals surface area contributed by atoms with E-state index >= 15 is 4.39 Å². The quantitative estimate of drug-likeness (QED) is 0.152. The number of benzene rings is 2. The minimum absolute atomic E-state index is 0.146. The van der Waals surface area contributed by atoms with Crippen molar-refractivity contribution in [2.45, 2.75) is 71.6 Å². The number of carbonyl (C=O) groups is 2. The number of carbonyl (C=O) groups excluding carboxylic acids is 2. The highest BCUT2D eigenvalue weighted by Gasteiger charge is 2.52. The van der Waals surface area contributed by atoms with Crippen LogP contribution in [-0.2, 0) is 20.5 Å². The molecular weight excluding hydrogens is 712 g/mol. The van der Waals surface area contributed by atoms with Crippen molar-refractivity contribution in [3.63, 3.8) is 0 Å². The van der Waals surface area contributed by atoms with Gasteiger partial charge in [0.1, 0.15) is 30.1 Å². The van der Waals surface area contributed by atoms with E-state index in [1.54, 1.807) is 24.3 Å². The third-order valence-electron chi connectivity index (χ3n) is 8.58. The molecule has 278 valence electrons. The zero-order chi connectivity index (χ0) is 38.8. The minimum Gasteiger partial charge on any atom is -0.490 e. The Morgan fingerprint density at radius 3 is 2.23 bits per heavy atom. The number of amides is 2. The molecule has 3 atom stereocenters. The number of nitrogens with one attached hydrogen (secondary N) is 1. The van der Waals surface area contributed by atoms with Gasteiger partial charge in [0.25, 0.3) is 5.91 Å². The van der Waals surface area contributed by atoms with Crippen LogP contribution < -0.4 is 19.9 Å². The summed E-state index contributed by atoms with van der Waals surface area (Å²) in [5.74, 6) is -2.79. The van der Waals surface area contributed by atoms with Gasteiger partial charge in [0.2, 0.25) is 5.91 Å². The Kier molecular flexibility index (Phi) is 11.9. The van der Waals surface area contributed by atoms with Crippen LogP contribution in [0.4, 0.5) is 37.7 Å². The largest absolute Gasteiger partial charge is 0.490 e. The Morgan fingerprint density at radius 1 is 1.04 bits per heavy atom. The number of halogens is 6. The van der Waals surface area contributed by atoms with E-state index in [9.17, 15) is 31.5 Å². The van der Waals surface area contributed by atoms with Crippen LogP contribution in [0.1, 0.15) is 52.7 Å². The molecule has 52 heavy (non-hydrogen) atoms. The molecule has 1 aliphatic rings. The van der Waals surface area contributed by atoms with Crippen LogP contribution in [0, 0.1) is 22.6 Å². The number of aromatic nitrogens is 1. The minimum atomic E-state index is -5.20. The van der Waals surface area contributed by atoms with E-state index in [-0.39, 0.29) is 22.3 Å². The lowest BCUT2D eigenvalue weighted by Crippen LogP contribution is -2.44. The van der Waals surface area contributed by atoms with Gasteiger partial charge in [-0.2, -0.15) is 18.4 Å². The van der Waals surface area contributed by atoms with Crippen LogP contribution in [0.5, 0.6) is 5.75 Å². The molecule has 16 heteroatoms. The fraction of sp³-hybridized carbons (Fsp3) is 0.417. The maximum Gasteiger partial charge on any atom is 0.420 e. The predicted octanol–water partition coefficient (Wildman–Crippen LogP) is 7.32. The van der Waals surface area contributed by atoms with Gasteiger partial charge in [-0.1, -0.05) is 20.8 Å². The Morgan fingerprint density at radius 2 is 1.67 bits per heavy atom. The monoisotopic (exact) mass is 749 g/mol. The maximum atomic E-state index is 15.3. The van der Waals surface area contributed by atoms with E-state index in [0.717, 1.165) is 12.1 Å². The van der Waals surface area contributed by atoms with Gasteiger partial charge in [-0.05, 0) is 86.9 Å². The summed E-state index contributed by atoms with van der Waals surface area (Å²) in [6.45, 7) is 9.00. The molecule has 0 aliphatic carbocycles. The van der Waals surface area contributed by atoms with E-state index in [0.29, 0.717) is 21.8 Å². The van der Waals surface area contributed by atoms with Gasteiger partial charge in [-0.15, -0.1) is 0 Å². The summed E-state index contributed by atoms with van der Waals surface area (Å²) in [7, 11) is 0. The van der Waals surface area contributed by atoms with Crippen molar-refractivity contribution >= 4 is 40.5 Å². The first-order valence-electron chi connectivity index (χ1n) is 16.0. The van der Waals surface area contributed by atoms with Gasteiger partial charge in [-0.3, -0.25) is 19.5 Å². The lowest BCUT2D eigenvalue weighted by atomic mass is 9.88. The van der Waals surface area contributed by atoms with Gasteiger partial charge >= 0.3 is 6.18 Å². The van der Waals surface area contributed by atoms with Crippen LogP contribution >= 0.6 is 12.2 Å². The van der Waals surface area contributed by atoms with E-state index in [2.05, 4.69) is 10.3 Å². The molecule has 2 amide bonds. The van der Waals surface area contributed by atoms with Crippen molar-refractivity contribution in [3.05, 3.63) is 71.7 Å². The van der Waals surface area contributed by atoms with Gasteiger partial charge in [0, 0.05) is 11.6 Å². The molecule has 0 saturated carbocycles. The molecule has 1 fully saturated rings. The zero-order valence-corrected chi connectivity index (χ0v) is 30.0. The summed E-state index contributed by atoms with van der Waals surface area (Å²) in [5.41, 5.74) is -3.77. The third kappa shape index (κ3) is 8.64. The van der Waals surface area contributed by atoms with Crippen LogP contribution in [0.15, 0.2) is 54.7 Å². The summed E-state index contributed by atoms with van der Waals surface area (Å²) in [6.07, 6.45) is -7.86. The van der Waals surface area contributed by atoms with Crippen molar-refractivity contribution in [2.75, 3.05) is 29.6 Å². The topological polar surface area (TPSA) is 108 Å². The summed E-state index contributed by atoms with van der Waals surface area (Å²) >= 11 is 5.47. The number of hydrogen-bond donors (Lipinski definition) is 1. The lowest BCUT2D eigenvalue weighted by Gasteiger charge is -2.29. The summed E-state index contributed by atoms with van der Waals surface area (Å²) in [5, 5.41) is 11.6. The number of hydrogen-bond acceptors (Lipinski definition) is 7. The van der Waals surface area contributed by atoms with Crippen LogP contribution in [0.2, 0.25) is 0 Å². The fourth-order valence-electron chi connectivity index (χ4n) is 5.11. The second-order valence-corrected chi connectivity index (χ2v) is 14.1. The van der Waals surface area contributed by atoms with Crippen molar-refractivity contribution in [1.29, 1.82) is 5.26 Å². The normalized spacial score (nSPS) is 16.4. The standard InChI is InChI=1S/C36H37F6N5O4S/c1-20(34(2,3)4)45-29(48)19-50-17-25(37)26(38)18-51-24-11-7-21(8-12-24)27-13-10-23(16-44-27)47-33(52)46(32(49)35(47,5)6)28-14-9-22(15-43)30(31(28)39)36(40,41)42/h7-14,16,20,25-26H,17-19H2,1-6H3,(H,45,48). The van der Waals surface area contributed by atoms with Gasteiger partial charge in [0.05, 0.1) is 41.5 Å². The molecule has 2 heterocycles. The molecule has 3 aromatic rings. The average Bonchev–Trinajstić information content (AvgIpc) is 3.24. The van der Waals surface area contributed by atoms with Gasteiger partial charge in [-0.25, -0.2) is 13.2 Å². The molecule has 3 unspecified atom stereocenters. The summed E-state index contributed by atoms with van der Waals surface area (Å²) < 4.78 is 95.5. The Balaban J connectivity index is 1.38. The maximum absolute atomic E-state index is 15.3. The van der Waals surface area contributed by atoms with E-state index < -0.39 is 78.3 Å². The van der Waals surface area contributed by atoms with E-state index in [4.69, 9.17) is 27.0 Å². The Bertz CT molecular complexity index is 1840. The van der Waals surface area contributed by atoms with Crippen LogP contribution in [-0.4, -0.2) is 65.7 Å². The number of anilines is 2. The van der Waals surface area contributed by atoms with Gasteiger partial charge < -0.3 is 19.7 Å². The highest BCUT2D eigenvalue weighted by molar-refractivity contribution is 7.81. The number of nitrogens with zero attached hydrogens (tertiary/aromatic N) is 4. The molecule has 4 rings (SSSR count). The first-order valence-corrected chi connectivity index (χ1v) is 16.4. The molecule has 1 N–H and O–H groups in total. The zero-order valence-electron chi connectivity index (χ0n) is 29.1. The number of rotatable bonds is 12. The number of pyridine rings is 1. The molecule has 1 aromatic heterocycles. The number of alkyl halides is 5. The average molecular weight is 750 g/mol.